The van der Waals surface area contributed by atoms with Crippen LogP contribution in [0.1, 0.15) is 16.1 Å². The normalized spacial score (nSPS) is 10.2. The minimum Gasteiger partial charge on any atom is -0.496 e. The minimum absolute atomic E-state index is 0.238. The van der Waals surface area contributed by atoms with Crippen LogP contribution in [-0.2, 0) is 6.54 Å². The topological polar surface area (TPSA) is 76.1 Å². The van der Waals surface area contributed by atoms with Crippen LogP contribution in [0, 0.1) is 0 Å². The zero-order chi connectivity index (χ0) is 18.4. The zero-order valence-corrected chi connectivity index (χ0v) is 14.8. The molecule has 3 rings (SSSR count). The summed E-state index contributed by atoms with van der Waals surface area (Å²) >= 11 is 5.86. The highest BCUT2D eigenvalue weighted by Crippen LogP contribution is 2.18. The Hall–Kier alpha value is -3.12. The van der Waals surface area contributed by atoms with E-state index >= 15 is 0 Å². The van der Waals surface area contributed by atoms with E-state index in [4.69, 9.17) is 16.3 Å². The van der Waals surface area contributed by atoms with Gasteiger partial charge in [-0.05, 0) is 30.3 Å². The largest absolute Gasteiger partial charge is 0.496 e. The van der Waals surface area contributed by atoms with Crippen LogP contribution < -0.4 is 15.4 Å². The van der Waals surface area contributed by atoms with Crippen molar-refractivity contribution in [2.45, 2.75) is 6.54 Å². The fourth-order valence-electron chi connectivity index (χ4n) is 2.31. The van der Waals surface area contributed by atoms with Crippen LogP contribution in [0.3, 0.4) is 0 Å². The second-order valence-electron chi connectivity index (χ2n) is 5.41. The van der Waals surface area contributed by atoms with Gasteiger partial charge in [-0.25, -0.2) is 9.97 Å². The Morgan fingerprint density at radius 1 is 1.08 bits per heavy atom. The van der Waals surface area contributed by atoms with E-state index in [-0.39, 0.29) is 11.6 Å². The van der Waals surface area contributed by atoms with Crippen LogP contribution in [0.4, 0.5) is 11.5 Å². The Balaban J connectivity index is 1.60. The van der Waals surface area contributed by atoms with Crippen molar-refractivity contribution in [1.82, 2.24) is 15.3 Å². The summed E-state index contributed by atoms with van der Waals surface area (Å²) < 4.78 is 5.27. The zero-order valence-electron chi connectivity index (χ0n) is 14.1. The highest BCUT2D eigenvalue weighted by atomic mass is 35.5. The van der Waals surface area contributed by atoms with Crippen LogP contribution in [0.15, 0.2) is 60.9 Å². The third-order valence-corrected chi connectivity index (χ3v) is 3.89. The number of aromatic nitrogens is 2. The summed E-state index contributed by atoms with van der Waals surface area (Å²) in [5.41, 5.74) is 1.95. The molecule has 0 spiro atoms. The molecule has 132 valence electrons. The SMILES string of the molecule is COc1ccccc1CNC(=O)c1cnc(Nc2ccc(Cl)cc2)cn1. The van der Waals surface area contributed by atoms with Gasteiger partial charge in [0, 0.05) is 22.8 Å². The van der Waals surface area contributed by atoms with Crippen molar-refractivity contribution in [3.63, 3.8) is 0 Å². The Morgan fingerprint density at radius 2 is 1.85 bits per heavy atom. The first-order valence-electron chi connectivity index (χ1n) is 7.90. The van der Waals surface area contributed by atoms with Gasteiger partial charge in [0.1, 0.15) is 17.3 Å². The number of nitrogens with zero attached hydrogens (tertiary/aromatic N) is 2. The third kappa shape index (κ3) is 4.49. The molecular formula is C19H17ClN4O2. The number of halogens is 1. The summed E-state index contributed by atoms with van der Waals surface area (Å²) in [6.07, 6.45) is 2.93. The molecule has 0 atom stereocenters. The number of hydrogen-bond donors (Lipinski definition) is 2. The van der Waals surface area contributed by atoms with Gasteiger partial charge in [0.2, 0.25) is 0 Å². The Labute approximate surface area is 156 Å². The average Bonchev–Trinajstić information content (AvgIpc) is 2.68. The lowest BCUT2D eigenvalue weighted by atomic mass is 10.2. The first kappa shape index (κ1) is 17.7. The number of rotatable bonds is 6. The quantitative estimate of drug-likeness (QED) is 0.691. The lowest BCUT2D eigenvalue weighted by molar-refractivity contribution is 0.0945. The molecule has 1 heterocycles. The van der Waals surface area contributed by atoms with Crippen molar-refractivity contribution in [1.29, 1.82) is 0 Å². The molecule has 0 fully saturated rings. The number of anilines is 2. The van der Waals surface area contributed by atoms with Gasteiger partial charge in [-0.2, -0.15) is 0 Å². The van der Waals surface area contributed by atoms with E-state index in [0.717, 1.165) is 17.0 Å². The van der Waals surface area contributed by atoms with Crippen molar-refractivity contribution in [2.24, 2.45) is 0 Å². The Morgan fingerprint density at radius 3 is 2.54 bits per heavy atom. The fourth-order valence-corrected chi connectivity index (χ4v) is 2.43. The van der Waals surface area contributed by atoms with Crippen LogP contribution in [0.2, 0.25) is 5.02 Å². The first-order valence-corrected chi connectivity index (χ1v) is 8.28. The van der Waals surface area contributed by atoms with Gasteiger partial charge in [0.05, 0.1) is 19.5 Å². The Bertz CT molecular complexity index is 883. The van der Waals surface area contributed by atoms with Gasteiger partial charge in [0.15, 0.2) is 0 Å². The standard InChI is InChI=1S/C19H17ClN4O2/c1-26-17-5-3-2-4-13(17)10-23-19(25)16-11-22-18(12-21-16)24-15-8-6-14(20)7-9-15/h2-9,11-12H,10H2,1H3,(H,22,24)(H,23,25). The van der Waals surface area contributed by atoms with E-state index < -0.39 is 0 Å². The molecule has 1 amide bonds. The van der Waals surface area contributed by atoms with Crippen LogP contribution >= 0.6 is 11.6 Å². The maximum Gasteiger partial charge on any atom is 0.271 e. The van der Waals surface area contributed by atoms with Gasteiger partial charge in [0.25, 0.3) is 5.91 Å². The number of ether oxygens (including phenoxy) is 1. The summed E-state index contributed by atoms with van der Waals surface area (Å²) in [5, 5.41) is 6.55. The van der Waals surface area contributed by atoms with Gasteiger partial charge in [-0.1, -0.05) is 29.8 Å². The summed E-state index contributed by atoms with van der Waals surface area (Å²) in [6.45, 7) is 0.343. The molecule has 0 aliphatic rings. The van der Waals surface area contributed by atoms with E-state index in [2.05, 4.69) is 20.6 Å². The molecule has 0 saturated heterocycles. The van der Waals surface area contributed by atoms with Gasteiger partial charge in [-0.15, -0.1) is 0 Å². The summed E-state index contributed by atoms with van der Waals surface area (Å²) in [4.78, 5) is 20.6. The first-order chi connectivity index (χ1) is 12.7. The highest BCUT2D eigenvalue weighted by molar-refractivity contribution is 6.30. The van der Waals surface area contributed by atoms with Crippen molar-refractivity contribution >= 4 is 29.0 Å². The van der Waals surface area contributed by atoms with E-state index in [9.17, 15) is 4.79 Å². The number of carbonyl (C=O) groups excluding carboxylic acids is 1. The molecule has 6 nitrogen and oxygen atoms in total. The van der Waals surface area contributed by atoms with Crippen molar-refractivity contribution in [3.05, 3.63) is 77.2 Å². The molecule has 0 aliphatic carbocycles. The second kappa shape index (κ2) is 8.31. The second-order valence-corrected chi connectivity index (χ2v) is 5.85. The summed E-state index contributed by atoms with van der Waals surface area (Å²) in [5.74, 6) is 0.955. The van der Waals surface area contributed by atoms with E-state index in [1.54, 1.807) is 19.2 Å². The van der Waals surface area contributed by atoms with E-state index in [1.807, 2.05) is 36.4 Å². The van der Waals surface area contributed by atoms with Crippen LogP contribution in [0.5, 0.6) is 5.75 Å². The molecule has 1 aromatic heterocycles. The summed E-state index contributed by atoms with van der Waals surface area (Å²) in [7, 11) is 1.60. The van der Waals surface area contributed by atoms with Crippen molar-refractivity contribution in [3.8, 4) is 5.75 Å². The van der Waals surface area contributed by atoms with Crippen LogP contribution in [-0.4, -0.2) is 23.0 Å². The molecule has 3 aromatic rings. The summed E-state index contributed by atoms with van der Waals surface area (Å²) in [6, 6.07) is 14.7. The minimum atomic E-state index is -0.304. The number of nitrogens with one attached hydrogen (secondary N) is 2. The van der Waals surface area contributed by atoms with Gasteiger partial charge in [-0.3, -0.25) is 4.79 Å². The highest BCUT2D eigenvalue weighted by Gasteiger charge is 2.09. The van der Waals surface area contributed by atoms with Gasteiger partial charge < -0.3 is 15.4 Å². The predicted octanol–water partition coefficient (Wildman–Crippen LogP) is 3.81. The van der Waals surface area contributed by atoms with Crippen LogP contribution in [0.25, 0.3) is 0 Å². The number of benzene rings is 2. The molecule has 7 heteroatoms. The molecule has 2 aromatic carbocycles. The van der Waals surface area contributed by atoms with Crippen molar-refractivity contribution < 1.29 is 9.53 Å². The molecule has 0 unspecified atom stereocenters. The smallest absolute Gasteiger partial charge is 0.271 e. The predicted molar refractivity (Wildman–Crippen MR) is 101 cm³/mol. The molecular weight excluding hydrogens is 352 g/mol. The van der Waals surface area contributed by atoms with E-state index in [1.165, 1.54) is 12.4 Å². The lowest BCUT2D eigenvalue weighted by Gasteiger charge is -2.09. The van der Waals surface area contributed by atoms with E-state index in [0.29, 0.717) is 17.4 Å². The number of para-hydroxylation sites is 1. The molecule has 0 saturated carbocycles. The maximum absolute atomic E-state index is 12.2. The fraction of sp³-hybridized carbons (Fsp3) is 0.105. The number of amides is 1. The number of hydrogen-bond acceptors (Lipinski definition) is 5. The number of methoxy groups -OCH3 is 1. The third-order valence-electron chi connectivity index (χ3n) is 3.63. The van der Waals surface area contributed by atoms with Gasteiger partial charge >= 0.3 is 0 Å². The molecule has 2 N–H and O–H groups in total. The molecule has 26 heavy (non-hydrogen) atoms. The number of carbonyl (C=O) groups is 1. The maximum atomic E-state index is 12.2. The monoisotopic (exact) mass is 368 g/mol. The molecule has 0 aliphatic heterocycles. The molecule has 0 radical (unpaired) electrons. The van der Waals surface area contributed by atoms with Crippen molar-refractivity contribution in [2.75, 3.05) is 12.4 Å². The lowest BCUT2D eigenvalue weighted by Crippen LogP contribution is -2.24. The molecule has 0 bridgehead atoms. The Kier molecular flexibility index (Phi) is 5.66. The average molecular weight is 369 g/mol.